The molecule has 152 valence electrons. The Balaban J connectivity index is 1.54. The third kappa shape index (κ3) is 2.08. The van der Waals surface area contributed by atoms with Crippen LogP contribution in [0, 0.1) is 18.8 Å². The Morgan fingerprint density at radius 3 is 2.86 bits per heavy atom. The van der Waals surface area contributed by atoms with Crippen molar-refractivity contribution in [1.29, 1.82) is 0 Å². The maximum atomic E-state index is 6.77. The number of nitrogens with zero attached hydrogens (tertiary/aromatic N) is 1. The molecule has 1 spiro atoms. The van der Waals surface area contributed by atoms with E-state index in [-0.39, 0.29) is 23.7 Å². The molecule has 6 rings (SSSR count). The van der Waals surface area contributed by atoms with E-state index in [2.05, 4.69) is 17.9 Å². The summed E-state index contributed by atoms with van der Waals surface area (Å²) >= 11 is 0. The molecule has 0 aromatic heterocycles. The van der Waals surface area contributed by atoms with Gasteiger partial charge in [-0.2, -0.15) is 0 Å². The number of benzene rings is 1. The van der Waals surface area contributed by atoms with Crippen molar-refractivity contribution in [2.45, 2.75) is 68.7 Å². The maximum absolute atomic E-state index is 6.77. The van der Waals surface area contributed by atoms with E-state index in [1.807, 2.05) is 0 Å². The van der Waals surface area contributed by atoms with Gasteiger partial charge in [-0.1, -0.05) is 0 Å². The van der Waals surface area contributed by atoms with Crippen LogP contribution in [0.2, 0.25) is 0 Å². The molecule has 1 saturated heterocycles. The predicted molar refractivity (Wildman–Crippen MR) is 107 cm³/mol. The molecule has 5 aliphatic rings. The number of piperidine rings is 1. The summed E-state index contributed by atoms with van der Waals surface area (Å²) in [5.74, 6) is 3.32. The zero-order valence-electron chi connectivity index (χ0n) is 17.2. The Kier molecular flexibility index (Phi) is 3.68. The number of ether oxygens (including phenoxy) is 3. The van der Waals surface area contributed by atoms with Crippen LogP contribution in [0.5, 0.6) is 11.5 Å². The van der Waals surface area contributed by atoms with Crippen molar-refractivity contribution < 1.29 is 14.2 Å². The van der Waals surface area contributed by atoms with Crippen LogP contribution in [-0.2, 0) is 16.6 Å². The van der Waals surface area contributed by atoms with Gasteiger partial charge in [0.05, 0.1) is 19.3 Å². The molecule has 28 heavy (non-hydrogen) atoms. The van der Waals surface area contributed by atoms with Crippen LogP contribution in [0.1, 0.15) is 42.4 Å². The van der Waals surface area contributed by atoms with Gasteiger partial charge in [0, 0.05) is 30.7 Å². The number of nitrogens with two attached hydrogens (primary N) is 1. The molecule has 5 heteroatoms. The first kappa shape index (κ1) is 17.5. The topological polar surface area (TPSA) is 57.0 Å². The largest absolute Gasteiger partial charge is 0.493 e. The molecule has 1 aromatic rings. The summed E-state index contributed by atoms with van der Waals surface area (Å²) in [6.45, 7) is 4.67. The Morgan fingerprint density at radius 1 is 1.32 bits per heavy atom. The molecule has 2 aliphatic heterocycles. The van der Waals surface area contributed by atoms with Gasteiger partial charge >= 0.3 is 0 Å². The number of methoxy groups -OCH3 is 2. The van der Waals surface area contributed by atoms with Gasteiger partial charge in [-0.05, 0) is 74.6 Å². The van der Waals surface area contributed by atoms with Crippen molar-refractivity contribution in [1.82, 2.24) is 4.90 Å². The number of hydrogen-bond acceptors (Lipinski definition) is 5. The van der Waals surface area contributed by atoms with E-state index in [0.29, 0.717) is 12.0 Å². The quantitative estimate of drug-likeness (QED) is 0.864. The van der Waals surface area contributed by atoms with Crippen LogP contribution in [0.3, 0.4) is 0 Å². The number of aryl methyl sites for hydroxylation is 1. The van der Waals surface area contributed by atoms with Crippen LogP contribution in [-0.4, -0.2) is 56.5 Å². The molecule has 3 fully saturated rings. The lowest BCUT2D eigenvalue weighted by molar-refractivity contribution is -0.109. The maximum Gasteiger partial charge on any atom is 0.165 e. The molecule has 0 radical (unpaired) electrons. The van der Waals surface area contributed by atoms with Crippen molar-refractivity contribution in [3.63, 3.8) is 0 Å². The van der Waals surface area contributed by atoms with Crippen LogP contribution in [0.4, 0.5) is 0 Å². The first-order valence-corrected chi connectivity index (χ1v) is 11.0. The first-order chi connectivity index (χ1) is 13.6. The fourth-order valence-electron chi connectivity index (χ4n) is 7.13. The fourth-order valence-corrected chi connectivity index (χ4v) is 7.13. The van der Waals surface area contributed by atoms with Gasteiger partial charge in [-0.15, -0.1) is 0 Å². The van der Waals surface area contributed by atoms with Crippen molar-refractivity contribution >= 4 is 0 Å². The van der Waals surface area contributed by atoms with Gasteiger partial charge in [0.15, 0.2) is 11.5 Å². The fraction of sp³-hybridized carbons (Fsp3) is 0.739. The Labute approximate surface area is 167 Å². The summed E-state index contributed by atoms with van der Waals surface area (Å²) < 4.78 is 18.3. The minimum Gasteiger partial charge on any atom is -0.493 e. The summed E-state index contributed by atoms with van der Waals surface area (Å²) in [6, 6.07) is 2.65. The van der Waals surface area contributed by atoms with Crippen LogP contribution in [0.15, 0.2) is 6.07 Å². The highest BCUT2D eigenvalue weighted by atomic mass is 16.5. The first-order valence-electron chi connectivity index (χ1n) is 11.0. The summed E-state index contributed by atoms with van der Waals surface area (Å²) in [4.78, 5) is 2.80. The highest BCUT2D eigenvalue weighted by Crippen LogP contribution is 2.64. The average molecular weight is 385 g/mol. The number of hydrogen-bond donors (Lipinski definition) is 1. The van der Waals surface area contributed by atoms with Crippen molar-refractivity contribution in [3.05, 3.63) is 22.8 Å². The van der Waals surface area contributed by atoms with Gasteiger partial charge in [-0.25, -0.2) is 0 Å². The lowest BCUT2D eigenvalue weighted by Crippen LogP contribution is -2.71. The van der Waals surface area contributed by atoms with Gasteiger partial charge in [0.1, 0.15) is 6.10 Å². The Bertz CT molecular complexity index is 823. The van der Waals surface area contributed by atoms with Crippen molar-refractivity contribution in [3.8, 4) is 11.5 Å². The summed E-state index contributed by atoms with van der Waals surface area (Å²) in [6.07, 6.45) is 6.18. The molecular weight excluding hydrogens is 352 g/mol. The molecular formula is C23H32N2O3. The van der Waals surface area contributed by atoms with Crippen molar-refractivity contribution in [2.75, 3.05) is 27.3 Å². The van der Waals surface area contributed by atoms with Gasteiger partial charge in [0.25, 0.3) is 0 Å². The molecule has 2 N–H and O–H groups in total. The molecule has 2 saturated carbocycles. The molecule has 5 nitrogen and oxygen atoms in total. The molecule has 2 bridgehead atoms. The van der Waals surface area contributed by atoms with Crippen LogP contribution >= 0.6 is 0 Å². The highest BCUT2D eigenvalue weighted by Gasteiger charge is 2.67. The molecule has 0 amide bonds. The third-order valence-electron chi connectivity index (χ3n) is 8.59. The lowest BCUT2D eigenvalue weighted by atomic mass is 9.50. The normalized spacial score (nSPS) is 40.8. The van der Waals surface area contributed by atoms with Gasteiger partial charge in [-0.3, -0.25) is 4.90 Å². The second kappa shape index (κ2) is 5.87. The minimum absolute atomic E-state index is 0.00785. The Morgan fingerprint density at radius 2 is 2.14 bits per heavy atom. The summed E-state index contributed by atoms with van der Waals surface area (Å²) in [5.41, 5.74) is 11.1. The standard InChI is InChI=1S/C23H32N2O3/c1-12-8-18(27-3)21-19-14(12)9-16-15-10-17(26-2)20(24)22(28-21)23(15,19)6-7-25(16)11-13-4-5-13/h8,13,15-17,20,22H,4-7,9-11,24H2,1-3H3. The van der Waals surface area contributed by atoms with E-state index >= 15 is 0 Å². The van der Waals surface area contributed by atoms with E-state index < -0.39 is 0 Å². The second-order valence-corrected chi connectivity index (χ2v) is 9.81. The number of likely N-dealkylation sites (tertiary alicyclic amines) is 1. The lowest BCUT2D eigenvalue weighted by Gasteiger charge is -2.60. The Hall–Kier alpha value is -1.30. The van der Waals surface area contributed by atoms with Crippen LogP contribution in [0.25, 0.3) is 0 Å². The molecule has 3 aliphatic carbocycles. The molecule has 1 aromatic carbocycles. The van der Waals surface area contributed by atoms with Crippen LogP contribution < -0.4 is 15.2 Å². The highest BCUT2D eigenvalue weighted by molar-refractivity contribution is 5.63. The van der Waals surface area contributed by atoms with E-state index in [1.165, 1.54) is 36.1 Å². The zero-order valence-corrected chi connectivity index (χ0v) is 17.2. The molecule has 6 atom stereocenters. The predicted octanol–water partition coefficient (Wildman–Crippen LogP) is 2.41. The third-order valence-corrected chi connectivity index (χ3v) is 8.59. The average Bonchev–Trinajstić information content (AvgIpc) is 3.44. The molecule has 6 unspecified atom stereocenters. The minimum atomic E-state index is -0.0970. The van der Waals surface area contributed by atoms with E-state index in [9.17, 15) is 0 Å². The van der Waals surface area contributed by atoms with E-state index in [0.717, 1.165) is 43.2 Å². The van der Waals surface area contributed by atoms with Gasteiger partial charge < -0.3 is 19.9 Å². The SMILES string of the molecule is COc1cc(C)c2c3c1OC1C(N)C(OC)CC4C(C2)N(CC2CC2)CCC341. The van der Waals surface area contributed by atoms with E-state index in [4.69, 9.17) is 19.9 Å². The second-order valence-electron chi connectivity index (χ2n) is 9.81. The molecule has 2 heterocycles. The summed E-state index contributed by atoms with van der Waals surface area (Å²) in [5, 5.41) is 0. The smallest absolute Gasteiger partial charge is 0.165 e. The monoisotopic (exact) mass is 384 g/mol. The number of rotatable bonds is 4. The zero-order chi connectivity index (χ0) is 19.2. The van der Waals surface area contributed by atoms with Gasteiger partial charge in [0.2, 0.25) is 0 Å². The van der Waals surface area contributed by atoms with Crippen molar-refractivity contribution in [2.24, 2.45) is 17.6 Å². The van der Waals surface area contributed by atoms with E-state index in [1.54, 1.807) is 14.2 Å². The summed E-state index contributed by atoms with van der Waals surface area (Å²) in [7, 11) is 3.56.